The van der Waals surface area contributed by atoms with Crippen molar-refractivity contribution in [3.8, 4) is 0 Å². The molecule has 1 spiro atoms. The van der Waals surface area contributed by atoms with E-state index in [1.54, 1.807) is 0 Å². The van der Waals surface area contributed by atoms with Crippen molar-refractivity contribution >= 4 is 5.97 Å². The molecule has 5 heteroatoms. The Balaban J connectivity index is 1.69. The van der Waals surface area contributed by atoms with E-state index in [0.29, 0.717) is 26.1 Å². The number of esters is 1. The van der Waals surface area contributed by atoms with E-state index in [9.17, 15) is 9.90 Å². The van der Waals surface area contributed by atoms with E-state index in [2.05, 4.69) is 19.9 Å². The first kappa shape index (κ1) is 17.5. The summed E-state index contributed by atoms with van der Waals surface area (Å²) in [4.78, 5) is 12.9. The summed E-state index contributed by atoms with van der Waals surface area (Å²) >= 11 is 0. The number of fused-ring (bicyclic) bond motifs is 5. The van der Waals surface area contributed by atoms with Crippen LogP contribution in [0.25, 0.3) is 0 Å². The zero-order valence-corrected chi connectivity index (χ0v) is 15.7. The monoisotopic (exact) mass is 350 g/mol. The minimum absolute atomic E-state index is 0.0212. The molecule has 0 radical (unpaired) electrons. The fourth-order valence-electron chi connectivity index (χ4n) is 5.84. The first-order valence-corrected chi connectivity index (χ1v) is 9.43. The molecule has 3 fully saturated rings. The Hall–Kier alpha value is -0.910. The van der Waals surface area contributed by atoms with Crippen LogP contribution in [-0.2, 0) is 19.0 Å². The van der Waals surface area contributed by atoms with Crippen molar-refractivity contribution < 1.29 is 24.1 Å². The molecule has 0 aromatic carbocycles. The van der Waals surface area contributed by atoms with Crippen LogP contribution in [0.3, 0.4) is 0 Å². The Bertz CT molecular complexity index is 599. The van der Waals surface area contributed by atoms with Gasteiger partial charge in [-0.05, 0) is 37.5 Å². The second-order valence-corrected chi connectivity index (χ2v) is 9.43. The first-order chi connectivity index (χ1) is 11.7. The van der Waals surface area contributed by atoms with Gasteiger partial charge in [0.2, 0.25) is 0 Å². The fourth-order valence-corrected chi connectivity index (χ4v) is 5.84. The van der Waals surface area contributed by atoms with Crippen LogP contribution in [0.2, 0.25) is 0 Å². The number of carbonyl (C=O) groups is 1. The number of aliphatic hydroxyl groups is 1. The lowest BCUT2D eigenvalue weighted by atomic mass is 9.70. The minimum Gasteiger partial charge on any atom is -0.468 e. The number of carbonyl (C=O) groups excluding carboxylic acids is 1. The average molecular weight is 350 g/mol. The zero-order valence-electron chi connectivity index (χ0n) is 15.7. The first-order valence-electron chi connectivity index (χ1n) is 9.43. The molecule has 4 rings (SSSR count). The molecule has 2 bridgehead atoms. The van der Waals surface area contributed by atoms with Gasteiger partial charge in [0.1, 0.15) is 5.41 Å². The number of hydrogen-bond acceptors (Lipinski definition) is 5. The van der Waals surface area contributed by atoms with Gasteiger partial charge in [-0.3, -0.25) is 4.79 Å². The SMILES string of the molecule is COC(=O)[C@]12CC(C)=CC[C@H](C1O)[C@@H]1CC3(C[C@@H]12)OCC(C)(C)CO3. The third kappa shape index (κ3) is 2.42. The summed E-state index contributed by atoms with van der Waals surface area (Å²) in [6.45, 7) is 7.67. The van der Waals surface area contributed by atoms with Crippen molar-refractivity contribution in [2.75, 3.05) is 20.3 Å². The quantitative estimate of drug-likeness (QED) is 0.582. The zero-order chi connectivity index (χ0) is 18.0. The van der Waals surface area contributed by atoms with Crippen LogP contribution in [0.15, 0.2) is 11.6 Å². The Labute approximate surface area is 149 Å². The minimum atomic E-state index is -0.857. The van der Waals surface area contributed by atoms with E-state index in [1.807, 2.05) is 6.92 Å². The largest absolute Gasteiger partial charge is 0.468 e. The summed E-state index contributed by atoms with van der Waals surface area (Å²) < 4.78 is 17.7. The summed E-state index contributed by atoms with van der Waals surface area (Å²) in [7, 11) is 1.43. The fraction of sp³-hybridized carbons (Fsp3) is 0.850. The van der Waals surface area contributed by atoms with Crippen LogP contribution in [0, 0.1) is 28.6 Å². The molecular formula is C20H30O5. The van der Waals surface area contributed by atoms with E-state index in [-0.39, 0.29) is 29.1 Å². The molecule has 0 aromatic rings. The highest BCUT2D eigenvalue weighted by Gasteiger charge is 2.70. The van der Waals surface area contributed by atoms with Gasteiger partial charge in [-0.15, -0.1) is 0 Å². The predicted octanol–water partition coefficient (Wildman–Crippen LogP) is 2.67. The molecule has 5 nitrogen and oxygen atoms in total. The van der Waals surface area contributed by atoms with Gasteiger partial charge in [0.05, 0.1) is 26.4 Å². The number of allylic oxidation sites excluding steroid dienone is 2. The van der Waals surface area contributed by atoms with Gasteiger partial charge < -0.3 is 19.3 Å². The van der Waals surface area contributed by atoms with Crippen molar-refractivity contribution in [1.82, 2.24) is 0 Å². The molecule has 1 saturated heterocycles. The summed E-state index contributed by atoms with van der Waals surface area (Å²) in [5.41, 5.74) is 0.329. The van der Waals surface area contributed by atoms with Gasteiger partial charge >= 0.3 is 5.97 Å². The smallest absolute Gasteiger partial charge is 0.315 e. The predicted molar refractivity (Wildman–Crippen MR) is 91.6 cm³/mol. The molecule has 5 atom stereocenters. The van der Waals surface area contributed by atoms with E-state index in [1.165, 1.54) is 7.11 Å². The Morgan fingerprint density at radius 1 is 1.24 bits per heavy atom. The molecule has 0 aromatic heterocycles. The second-order valence-electron chi connectivity index (χ2n) is 9.43. The maximum Gasteiger partial charge on any atom is 0.315 e. The molecule has 1 N–H and O–H groups in total. The highest BCUT2D eigenvalue weighted by molar-refractivity contribution is 5.79. The van der Waals surface area contributed by atoms with Crippen LogP contribution in [0.5, 0.6) is 0 Å². The lowest BCUT2D eigenvalue weighted by Gasteiger charge is -2.43. The molecular weight excluding hydrogens is 320 g/mol. The normalized spacial score (nSPS) is 44.1. The molecule has 1 unspecified atom stereocenters. The molecule has 2 saturated carbocycles. The van der Waals surface area contributed by atoms with Crippen LogP contribution < -0.4 is 0 Å². The van der Waals surface area contributed by atoms with Gasteiger partial charge in [0.25, 0.3) is 0 Å². The number of methoxy groups -OCH3 is 1. The topological polar surface area (TPSA) is 65.0 Å². The second kappa shape index (κ2) is 5.54. The Morgan fingerprint density at radius 3 is 2.56 bits per heavy atom. The average Bonchev–Trinajstić information content (AvgIpc) is 2.97. The van der Waals surface area contributed by atoms with Crippen molar-refractivity contribution in [2.24, 2.45) is 28.6 Å². The third-order valence-electron chi connectivity index (χ3n) is 7.07. The van der Waals surface area contributed by atoms with Crippen molar-refractivity contribution in [2.45, 2.75) is 58.3 Å². The van der Waals surface area contributed by atoms with Gasteiger partial charge in [-0.25, -0.2) is 0 Å². The molecule has 140 valence electrons. The van der Waals surface area contributed by atoms with E-state index < -0.39 is 17.3 Å². The summed E-state index contributed by atoms with van der Waals surface area (Å²) in [6.07, 6.45) is 4.35. The number of aliphatic hydroxyl groups excluding tert-OH is 1. The van der Waals surface area contributed by atoms with Crippen LogP contribution in [0.1, 0.15) is 46.5 Å². The van der Waals surface area contributed by atoms with Gasteiger partial charge in [0.15, 0.2) is 5.79 Å². The van der Waals surface area contributed by atoms with E-state index in [0.717, 1.165) is 18.4 Å². The van der Waals surface area contributed by atoms with E-state index in [4.69, 9.17) is 14.2 Å². The highest BCUT2D eigenvalue weighted by atomic mass is 16.7. The van der Waals surface area contributed by atoms with Gasteiger partial charge in [-0.2, -0.15) is 0 Å². The van der Waals surface area contributed by atoms with Gasteiger partial charge in [0, 0.05) is 18.3 Å². The van der Waals surface area contributed by atoms with Crippen LogP contribution >= 0.6 is 0 Å². The lowest BCUT2D eigenvalue weighted by molar-refractivity contribution is -0.300. The maximum absolute atomic E-state index is 12.9. The molecule has 0 amide bonds. The van der Waals surface area contributed by atoms with Gasteiger partial charge in [-0.1, -0.05) is 25.5 Å². The number of hydrogen-bond donors (Lipinski definition) is 1. The van der Waals surface area contributed by atoms with E-state index >= 15 is 0 Å². The van der Waals surface area contributed by atoms with Crippen LogP contribution in [0.4, 0.5) is 0 Å². The standard InChI is InChI=1S/C20H30O5/c1-12-5-6-13-14-8-19(24-10-18(2,3)11-25-19)9-15(14)20(7-12,16(13)21)17(22)23-4/h5,13-16,21H,6-11H2,1-4H3/t13-,14-,15-,16?,20-/m0/s1. The summed E-state index contributed by atoms with van der Waals surface area (Å²) in [6, 6.07) is 0. The number of rotatable bonds is 1. The Kier molecular flexibility index (Phi) is 3.88. The summed E-state index contributed by atoms with van der Waals surface area (Å²) in [5.74, 6) is -0.520. The van der Waals surface area contributed by atoms with Crippen molar-refractivity contribution in [1.29, 1.82) is 0 Å². The molecule has 4 aliphatic rings. The molecule has 1 heterocycles. The maximum atomic E-state index is 12.9. The molecule has 3 aliphatic carbocycles. The lowest BCUT2D eigenvalue weighted by Crippen LogP contribution is -2.50. The highest BCUT2D eigenvalue weighted by Crippen LogP contribution is 2.65. The summed E-state index contributed by atoms with van der Waals surface area (Å²) in [5, 5.41) is 11.1. The molecule has 1 aliphatic heterocycles. The Morgan fingerprint density at radius 2 is 1.92 bits per heavy atom. The molecule has 25 heavy (non-hydrogen) atoms. The number of ether oxygens (including phenoxy) is 3. The van der Waals surface area contributed by atoms with Crippen LogP contribution in [-0.4, -0.2) is 43.3 Å². The van der Waals surface area contributed by atoms with Crippen molar-refractivity contribution in [3.05, 3.63) is 11.6 Å². The van der Waals surface area contributed by atoms with Crippen molar-refractivity contribution in [3.63, 3.8) is 0 Å². The third-order valence-corrected chi connectivity index (χ3v) is 7.07.